The molecule has 4 nitrogen and oxygen atoms in total. The summed E-state index contributed by atoms with van der Waals surface area (Å²) < 4.78 is 1.83. The molecule has 15 heavy (non-hydrogen) atoms. The summed E-state index contributed by atoms with van der Waals surface area (Å²) in [7, 11) is 1.94. The fourth-order valence-corrected chi connectivity index (χ4v) is 1.93. The van der Waals surface area contributed by atoms with E-state index in [4.69, 9.17) is 5.73 Å². The van der Waals surface area contributed by atoms with E-state index in [1.54, 1.807) is 0 Å². The van der Waals surface area contributed by atoms with Gasteiger partial charge in [0.1, 0.15) is 0 Å². The topological polar surface area (TPSA) is 47.1 Å². The molecule has 0 saturated carbocycles. The van der Waals surface area contributed by atoms with Crippen molar-refractivity contribution in [2.75, 3.05) is 19.6 Å². The predicted octanol–water partition coefficient (Wildman–Crippen LogP) is 1.15. The van der Waals surface area contributed by atoms with Crippen molar-refractivity contribution in [3.05, 3.63) is 18.0 Å². The number of hydrogen-bond donors (Lipinski definition) is 1. The molecule has 0 saturated heterocycles. The van der Waals surface area contributed by atoms with Crippen molar-refractivity contribution in [1.29, 1.82) is 0 Å². The Morgan fingerprint density at radius 2 is 2.27 bits per heavy atom. The maximum absolute atomic E-state index is 5.84. The molecule has 0 aliphatic rings. The van der Waals surface area contributed by atoms with Crippen molar-refractivity contribution in [2.45, 2.75) is 26.3 Å². The van der Waals surface area contributed by atoms with Crippen LogP contribution in [0.5, 0.6) is 0 Å². The Balaban J connectivity index is 2.76. The highest BCUT2D eigenvalue weighted by molar-refractivity contribution is 5.11. The summed E-state index contributed by atoms with van der Waals surface area (Å²) >= 11 is 0. The average Bonchev–Trinajstić information content (AvgIpc) is 2.64. The van der Waals surface area contributed by atoms with E-state index in [9.17, 15) is 0 Å². The third-order valence-corrected chi connectivity index (χ3v) is 2.69. The van der Waals surface area contributed by atoms with Gasteiger partial charge in [0.2, 0.25) is 0 Å². The summed E-state index contributed by atoms with van der Waals surface area (Å²) in [4.78, 5) is 2.40. The number of hydrogen-bond acceptors (Lipinski definition) is 3. The molecule has 1 aromatic heterocycles. The molecule has 0 aliphatic heterocycles. The molecule has 0 fully saturated rings. The predicted molar refractivity (Wildman–Crippen MR) is 62.5 cm³/mol. The van der Waals surface area contributed by atoms with Gasteiger partial charge in [0.15, 0.2) is 0 Å². The lowest BCUT2D eigenvalue weighted by atomic mass is 10.1. The quantitative estimate of drug-likeness (QED) is 0.766. The number of nitrogens with zero attached hydrogens (tertiary/aromatic N) is 3. The van der Waals surface area contributed by atoms with E-state index in [0.29, 0.717) is 12.6 Å². The van der Waals surface area contributed by atoms with Gasteiger partial charge in [-0.2, -0.15) is 5.10 Å². The summed E-state index contributed by atoms with van der Waals surface area (Å²) in [5, 5.41) is 4.20. The van der Waals surface area contributed by atoms with Gasteiger partial charge in [0.05, 0.1) is 12.2 Å². The minimum Gasteiger partial charge on any atom is -0.329 e. The summed E-state index contributed by atoms with van der Waals surface area (Å²) in [5.74, 6) is 0. The second-order valence-electron chi connectivity index (χ2n) is 3.83. The van der Waals surface area contributed by atoms with Crippen LogP contribution in [0.25, 0.3) is 0 Å². The lowest BCUT2D eigenvalue weighted by Crippen LogP contribution is -2.34. The Hall–Kier alpha value is -0.870. The molecule has 1 atom stereocenters. The van der Waals surface area contributed by atoms with Crippen LogP contribution in [0.1, 0.15) is 31.9 Å². The van der Waals surface area contributed by atoms with Gasteiger partial charge < -0.3 is 5.73 Å². The minimum atomic E-state index is 0.309. The lowest BCUT2D eigenvalue weighted by molar-refractivity contribution is 0.212. The van der Waals surface area contributed by atoms with Gasteiger partial charge in [-0.05, 0) is 19.5 Å². The van der Waals surface area contributed by atoms with Crippen molar-refractivity contribution in [2.24, 2.45) is 12.8 Å². The summed E-state index contributed by atoms with van der Waals surface area (Å²) in [6, 6.07) is 0.309. The zero-order valence-electron chi connectivity index (χ0n) is 9.98. The van der Waals surface area contributed by atoms with Crippen molar-refractivity contribution in [3.63, 3.8) is 0 Å². The summed E-state index contributed by atoms with van der Waals surface area (Å²) in [6.07, 6.45) is 5.12. The first-order valence-electron chi connectivity index (χ1n) is 5.65. The molecule has 1 rings (SSSR count). The van der Waals surface area contributed by atoms with Crippen LogP contribution < -0.4 is 5.73 Å². The van der Waals surface area contributed by atoms with Crippen molar-refractivity contribution in [3.8, 4) is 0 Å². The van der Waals surface area contributed by atoms with Crippen molar-refractivity contribution in [1.82, 2.24) is 14.7 Å². The first kappa shape index (κ1) is 12.2. The molecule has 0 spiro atoms. The standard InChI is InChI=1S/C11H22N4/c1-4-6-15(5-2)11(7-12)10-8-13-14(3)9-10/h8-9,11H,4-7,12H2,1-3H3. The maximum atomic E-state index is 5.84. The van der Waals surface area contributed by atoms with Gasteiger partial charge in [-0.15, -0.1) is 0 Å². The Bertz CT molecular complexity index is 282. The number of aromatic nitrogens is 2. The number of nitrogens with two attached hydrogens (primary N) is 1. The second-order valence-corrected chi connectivity index (χ2v) is 3.83. The van der Waals surface area contributed by atoms with Crippen LogP contribution in [0, 0.1) is 0 Å². The molecule has 0 aromatic carbocycles. The van der Waals surface area contributed by atoms with E-state index < -0.39 is 0 Å². The van der Waals surface area contributed by atoms with Crippen LogP contribution >= 0.6 is 0 Å². The van der Waals surface area contributed by atoms with E-state index in [1.165, 1.54) is 5.56 Å². The van der Waals surface area contributed by atoms with Crippen LogP contribution in [0.4, 0.5) is 0 Å². The molecule has 0 radical (unpaired) electrons. The Morgan fingerprint density at radius 3 is 2.67 bits per heavy atom. The van der Waals surface area contributed by atoms with Gasteiger partial charge in [0, 0.05) is 25.4 Å². The van der Waals surface area contributed by atoms with Gasteiger partial charge in [0.25, 0.3) is 0 Å². The molecule has 0 aliphatic carbocycles. The molecule has 86 valence electrons. The van der Waals surface area contributed by atoms with Gasteiger partial charge in [-0.1, -0.05) is 13.8 Å². The van der Waals surface area contributed by atoms with E-state index in [0.717, 1.165) is 19.5 Å². The average molecular weight is 210 g/mol. The number of rotatable bonds is 6. The minimum absolute atomic E-state index is 0.309. The fraction of sp³-hybridized carbons (Fsp3) is 0.727. The Labute approximate surface area is 92.1 Å². The molecular weight excluding hydrogens is 188 g/mol. The smallest absolute Gasteiger partial charge is 0.0538 e. The van der Waals surface area contributed by atoms with Crippen LogP contribution in [-0.2, 0) is 7.05 Å². The van der Waals surface area contributed by atoms with Gasteiger partial charge >= 0.3 is 0 Å². The zero-order valence-corrected chi connectivity index (χ0v) is 9.98. The fourth-order valence-electron chi connectivity index (χ4n) is 1.93. The van der Waals surface area contributed by atoms with Crippen molar-refractivity contribution < 1.29 is 0 Å². The van der Waals surface area contributed by atoms with Crippen LogP contribution in [0.2, 0.25) is 0 Å². The Morgan fingerprint density at radius 1 is 1.53 bits per heavy atom. The third kappa shape index (κ3) is 3.04. The molecular formula is C11H22N4. The highest BCUT2D eigenvalue weighted by Gasteiger charge is 2.17. The summed E-state index contributed by atoms with van der Waals surface area (Å²) in [6.45, 7) is 7.14. The van der Waals surface area contributed by atoms with E-state index in [-0.39, 0.29) is 0 Å². The van der Waals surface area contributed by atoms with E-state index >= 15 is 0 Å². The Kier molecular flexibility index (Phi) is 4.78. The second kappa shape index (κ2) is 5.88. The van der Waals surface area contributed by atoms with Crippen LogP contribution in [-0.4, -0.2) is 34.3 Å². The van der Waals surface area contributed by atoms with Gasteiger partial charge in [-0.25, -0.2) is 0 Å². The maximum Gasteiger partial charge on any atom is 0.0538 e. The third-order valence-electron chi connectivity index (χ3n) is 2.69. The highest BCUT2D eigenvalue weighted by atomic mass is 15.2. The lowest BCUT2D eigenvalue weighted by Gasteiger charge is -2.28. The van der Waals surface area contributed by atoms with Gasteiger partial charge in [-0.3, -0.25) is 9.58 Å². The monoisotopic (exact) mass is 210 g/mol. The molecule has 4 heteroatoms. The van der Waals surface area contributed by atoms with E-state index in [1.807, 2.05) is 17.9 Å². The molecule has 2 N–H and O–H groups in total. The first-order chi connectivity index (χ1) is 7.22. The molecule has 0 bridgehead atoms. The van der Waals surface area contributed by atoms with E-state index in [2.05, 4.69) is 30.0 Å². The zero-order chi connectivity index (χ0) is 11.3. The molecule has 0 amide bonds. The largest absolute Gasteiger partial charge is 0.329 e. The normalized spacial score (nSPS) is 13.4. The van der Waals surface area contributed by atoms with Crippen LogP contribution in [0.15, 0.2) is 12.4 Å². The number of aryl methyl sites for hydroxylation is 1. The van der Waals surface area contributed by atoms with Crippen LogP contribution in [0.3, 0.4) is 0 Å². The van der Waals surface area contributed by atoms with Crippen molar-refractivity contribution >= 4 is 0 Å². The molecule has 1 unspecified atom stereocenters. The first-order valence-corrected chi connectivity index (χ1v) is 5.65. The molecule has 1 aromatic rings. The number of likely N-dealkylation sites (N-methyl/N-ethyl adjacent to an activating group) is 1. The molecule has 1 heterocycles. The summed E-state index contributed by atoms with van der Waals surface area (Å²) in [5.41, 5.74) is 7.06. The SMILES string of the molecule is CCCN(CC)C(CN)c1cnn(C)c1. The highest BCUT2D eigenvalue weighted by Crippen LogP contribution is 2.18.